The van der Waals surface area contributed by atoms with Crippen LogP contribution in [0.5, 0.6) is 5.75 Å². The van der Waals surface area contributed by atoms with Crippen molar-refractivity contribution >= 4 is 25.6 Å². The molecule has 0 aliphatic carbocycles. The van der Waals surface area contributed by atoms with Gasteiger partial charge in [0.25, 0.3) is 9.05 Å². The van der Waals surface area contributed by atoms with Crippen LogP contribution in [-0.2, 0) is 13.8 Å². The SMILES string of the molecule is CN(CCOc1ccc(S(=O)(=O)Cl)cc1)C(=O)C(F)(F)F. The molecule has 1 aromatic rings. The van der Waals surface area contributed by atoms with Crippen molar-refractivity contribution < 1.29 is 31.1 Å². The molecule has 10 heteroatoms. The zero-order valence-corrected chi connectivity index (χ0v) is 12.3. The van der Waals surface area contributed by atoms with Crippen LogP contribution in [0.2, 0.25) is 0 Å². The average Bonchev–Trinajstić information content (AvgIpc) is 2.36. The average molecular weight is 346 g/mol. The predicted molar refractivity (Wildman–Crippen MR) is 68.7 cm³/mol. The van der Waals surface area contributed by atoms with E-state index < -0.39 is 21.1 Å². The van der Waals surface area contributed by atoms with E-state index in [2.05, 4.69) is 0 Å². The number of rotatable bonds is 5. The van der Waals surface area contributed by atoms with Crippen molar-refractivity contribution in [1.29, 1.82) is 0 Å². The third kappa shape index (κ3) is 5.43. The van der Waals surface area contributed by atoms with Gasteiger partial charge in [-0.25, -0.2) is 8.42 Å². The third-order valence-corrected chi connectivity index (χ3v) is 3.76. The molecule has 5 nitrogen and oxygen atoms in total. The lowest BCUT2D eigenvalue weighted by atomic mass is 10.3. The van der Waals surface area contributed by atoms with E-state index in [0.717, 1.165) is 7.05 Å². The molecule has 0 aliphatic rings. The lowest BCUT2D eigenvalue weighted by molar-refractivity contribution is -0.184. The Balaban J connectivity index is 2.52. The first-order valence-corrected chi connectivity index (χ1v) is 7.82. The Bertz CT molecular complexity index is 601. The Kier molecular flexibility index (Phi) is 5.46. The normalized spacial score (nSPS) is 12.0. The Morgan fingerprint density at radius 3 is 2.24 bits per heavy atom. The monoisotopic (exact) mass is 345 g/mol. The number of ether oxygens (including phenoxy) is 1. The van der Waals surface area contributed by atoms with Crippen LogP contribution in [0.3, 0.4) is 0 Å². The first-order chi connectivity index (χ1) is 9.51. The van der Waals surface area contributed by atoms with Crippen LogP contribution in [0.1, 0.15) is 0 Å². The highest BCUT2D eigenvalue weighted by molar-refractivity contribution is 8.13. The molecule has 0 radical (unpaired) electrons. The third-order valence-electron chi connectivity index (χ3n) is 2.39. The van der Waals surface area contributed by atoms with Crippen LogP contribution in [-0.4, -0.2) is 45.6 Å². The summed E-state index contributed by atoms with van der Waals surface area (Å²) in [6, 6.07) is 5.01. The van der Waals surface area contributed by atoms with Crippen LogP contribution in [0.4, 0.5) is 13.2 Å². The number of alkyl halides is 3. The summed E-state index contributed by atoms with van der Waals surface area (Å²) in [7, 11) is 2.28. The number of likely N-dealkylation sites (N-methyl/N-ethyl adjacent to an activating group) is 1. The summed E-state index contributed by atoms with van der Waals surface area (Å²) < 4.78 is 63.4. The summed E-state index contributed by atoms with van der Waals surface area (Å²) in [6.07, 6.45) is -4.93. The molecular weight excluding hydrogens is 335 g/mol. The summed E-state index contributed by atoms with van der Waals surface area (Å²) in [6.45, 7) is -0.445. The highest BCUT2D eigenvalue weighted by atomic mass is 35.7. The highest BCUT2D eigenvalue weighted by Gasteiger charge is 2.41. The molecule has 1 aromatic carbocycles. The van der Waals surface area contributed by atoms with Crippen molar-refractivity contribution in [3.63, 3.8) is 0 Å². The predicted octanol–water partition coefficient (Wildman–Crippen LogP) is 2.01. The second-order valence-corrected chi connectivity index (χ2v) is 6.55. The Morgan fingerprint density at radius 2 is 1.81 bits per heavy atom. The van der Waals surface area contributed by atoms with Gasteiger partial charge in [-0.2, -0.15) is 13.2 Å². The minimum atomic E-state index is -4.93. The quantitative estimate of drug-likeness (QED) is 0.766. The van der Waals surface area contributed by atoms with Crippen molar-refractivity contribution in [3.05, 3.63) is 24.3 Å². The molecule has 0 heterocycles. The molecule has 0 saturated carbocycles. The van der Waals surface area contributed by atoms with Crippen molar-refractivity contribution in [1.82, 2.24) is 4.90 Å². The maximum absolute atomic E-state index is 12.1. The van der Waals surface area contributed by atoms with E-state index in [0.29, 0.717) is 4.90 Å². The van der Waals surface area contributed by atoms with Crippen molar-refractivity contribution in [2.45, 2.75) is 11.1 Å². The van der Waals surface area contributed by atoms with Gasteiger partial charge in [0.15, 0.2) is 0 Å². The number of hydrogen-bond donors (Lipinski definition) is 0. The summed E-state index contributed by atoms with van der Waals surface area (Å²) in [5, 5.41) is 0. The molecule has 0 aromatic heterocycles. The summed E-state index contributed by atoms with van der Waals surface area (Å²) in [5.74, 6) is -1.72. The number of amides is 1. The molecule has 0 saturated heterocycles. The first kappa shape index (κ1) is 17.6. The smallest absolute Gasteiger partial charge is 0.471 e. The standard InChI is InChI=1S/C11H11ClF3NO4S/c1-16(10(17)11(13,14)15)6-7-20-8-2-4-9(5-3-8)21(12,18)19/h2-5H,6-7H2,1H3. The topological polar surface area (TPSA) is 63.7 Å². The van der Waals surface area contributed by atoms with E-state index in [4.69, 9.17) is 15.4 Å². The van der Waals surface area contributed by atoms with E-state index >= 15 is 0 Å². The van der Waals surface area contributed by atoms with E-state index in [9.17, 15) is 26.4 Å². The minimum absolute atomic E-state index is 0.124. The van der Waals surface area contributed by atoms with E-state index in [1.807, 2.05) is 0 Å². The van der Waals surface area contributed by atoms with E-state index in [1.54, 1.807) is 0 Å². The molecule has 0 atom stereocenters. The summed E-state index contributed by atoms with van der Waals surface area (Å²) >= 11 is 0. The molecule has 0 unspecified atom stereocenters. The molecule has 0 aliphatic heterocycles. The largest absolute Gasteiger partial charge is 0.492 e. The van der Waals surface area contributed by atoms with Gasteiger partial charge in [-0.05, 0) is 24.3 Å². The molecule has 1 rings (SSSR count). The Morgan fingerprint density at radius 1 is 1.29 bits per heavy atom. The van der Waals surface area contributed by atoms with Crippen LogP contribution < -0.4 is 4.74 Å². The van der Waals surface area contributed by atoms with Crippen LogP contribution in [0, 0.1) is 0 Å². The summed E-state index contributed by atoms with van der Waals surface area (Å²) in [4.78, 5) is 11.2. The zero-order chi connectivity index (χ0) is 16.3. The number of carbonyl (C=O) groups is 1. The maximum Gasteiger partial charge on any atom is 0.471 e. The second kappa shape index (κ2) is 6.52. The zero-order valence-electron chi connectivity index (χ0n) is 10.7. The van der Waals surface area contributed by atoms with Crippen molar-refractivity contribution in [2.75, 3.05) is 20.2 Å². The fraction of sp³-hybridized carbons (Fsp3) is 0.364. The number of hydrogen-bond acceptors (Lipinski definition) is 4. The minimum Gasteiger partial charge on any atom is -0.492 e. The van der Waals surface area contributed by atoms with Crippen LogP contribution in [0.15, 0.2) is 29.2 Å². The van der Waals surface area contributed by atoms with E-state index in [1.165, 1.54) is 24.3 Å². The Hall–Kier alpha value is -1.48. The van der Waals surface area contributed by atoms with E-state index in [-0.39, 0.29) is 23.8 Å². The fourth-order valence-electron chi connectivity index (χ4n) is 1.32. The van der Waals surface area contributed by atoms with Crippen LogP contribution in [0.25, 0.3) is 0 Å². The molecular formula is C11H11ClF3NO4S. The van der Waals surface area contributed by atoms with Gasteiger partial charge in [0.1, 0.15) is 12.4 Å². The number of carbonyl (C=O) groups excluding carboxylic acids is 1. The Labute approximate surface area is 123 Å². The fourth-order valence-corrected chi connectivity index (χ4v) is 2.09. The maximum atomic E-state index is 12.1. The van der Waals surface area contributed by atoms with Gasteiger partial charge in [0.05, 0.1) is 11.4 Å². The van der Waals surface area contributed by atoms with Gasteiger partial charge < -0.3 is 9.64 Å². The lowest BCUT2D eigenvalue weighted by Gasteiger charge is -2.18. The molecule has 0 fully saturated rings. The van der Waals surface area contributed by atoms with Crippen molar-refractivity contribution in [3.8, 4) is 5.75 Å². The summed E-state index contributed by atoms with van der Waals surface area (Å²) in [5.41, 5.74) is 0. The van der Waals surface area contributed by atoms with Gasteiger partial charge >= 0.3 is 12.1 Å². The van der Waals surface area contributed by atoms with Gasteiger partial charge in [-0.1, -0.05) is 0 Å². The second-order valence-electron chi connectivity index (χ2n) is 3.98. The number of nitrogens with zero attached hydrogens (tertiary/aromatic N) is 1. The molecule has 1 amide bonds. The lowest BCUT2D eigenvalue weighted by Crippen LogP contribution is -2.40. The first-order valence-electron chi connectivity index (χ1n) is 5.51. The van der Waals surface area contributed by atoms with Gasteiger partial charge in [-0.3, -0.25) is 4.79 Å². The molecule has 0 bridgehead atoms. The molecule has 0 spiro atoms. The van der Waals surface area contributed by atoms with Crippen LogP contribution >= 0.6 is 10.7 Å². The van der Waals surface area contributed by atoms with Gasteiger partial charge in [0, 0.05) is 17.7 Å². The number of halogens is 4. The van der Waals surface area contributed by atoms with Crippen molar-refractivity contribution in [2.24, 2.45) is 0 Å². The molecule has 0 N–H and O–H groups in total. The molecule has 21 heavy (non-hydrogen) atoms. The highest BCUT2D eigenvalue weighted by Crippen LogP contribution is 2.19. The van der Waals surface area contributed by atoms with Gasteiger partial charge in [0.2, 0.25) is 0 Å². The van der Waals surface area contributed by atoms with Gasteiger partial charge in [-0.15, -0.1) is 0 Å². The number of benzene rings is 1. The molecule has 118 valence electrons.